The standard InChI is InChI=1S/C21H29N3O3S2/c1-14-7-6-10-21(11-14,12-15-8-4-5-9-15)24-18(27)23-19-22-13-16(28-19)29-20(2,3)17(25)26/h6-7,10,13,15H,4-5,8-9,11-12H2,1-3H3,(H,25,26)(H2,22,23,24,27). The first-order chi connectivity index (χ1) is 13.7. The molecule has 0 radical (unpaired) electrons. The van der Waals surface area contributed by atoms with E-state index in [9.17, 15) is 14.7 Å². The molecule has 0 spiro atoms. The first kappa shape index (κ1) is 21.9. The lowest BCUT2D eigenvalue weighted by Crippen LogP contribution is -2.50. The topological polar surface area (TPSA) is 91.3 Å². The molecule has 1 fully saturated rings. The molecule has 1 aromatic heterocycles. The van der Waals surface area contributed by atoms with Crippen molar-refractivity contribution in [3.05, 3.63) is 30.0 Å². The molecule has 0 bridgehead atoms. The molecule has 3 rings (SSSR count). The van der Waals surface area contributed by atoms with Gasteiger partial charge in [-0.05, 0) is 39.5 Å². The van der Waals surface area contributed by atoms with Gasteiger partial charge in [0.2, 0.25) is 0 Å². The van der Waals surface area contributed by atoms with Gasteiger partial charge in [0.1, 0.15) is 4.75 Å². The zero-order chi connectivity index (χ0) is 21.1. The van der Waals surface area contributed by atoms with Crippen LogP contribution in [0.15, 0.2) is 34.2 Å². The van der Waals surface area contributed by atoms with E-state index < -0.39 is 10.7 Å². The number of aliphatic carboxylic acids is 1. The van der Waals surface area contributed by atoms with Crippen LogP contribution in [-0.2, 0) is 4.79 Å². The average molecular weight is 436 g/mol. The Labute approximate surface area is 180 Å². The van der Waals surface area contributed by atoms with Crippen molar-refractivity contribution >= 4 is 40.2 Å². The van der Waals surface area contributed by atoms with Crippen LogP contribution in [-0.4, -0.2) is 32.4 Å². The number of thiazole rings is 1. The number of hydrogen-bond donors (Lipinski definition) is 3. The van der Waals surface area contributed by atoms with E-state index in [2.05, 4.69) is 34.7 Å². The number of carbonyl (C=O) groups is 2. The molecule has 1 unspecified atom stereocenters. The molecule has 2 aliphatic rings. The highest BCUT2D eigenvalue weighted by Crippen LogP contribution is 2.38. The van der Waals surface area contributed by atoms with Crippen molar-refractivity contribution in [2.45, 2.75) is 73.8 Å². The summed E-state index contributed by atoms with van der Waals surface area (Å²) in [6.07, 6.45) is 14.7. The first-order valence-electron chi connectivity index (χ1n) is 10.00. The Morgan fingerprint density at radius 1 is 1.38 bits per heavy atom. The van der Waals surface area contributed by atoms with Crippen molar-refractivity contribution in [1.82, 2.24) is 10.3 Å². The number of allylic oxidation sites excluding steroid dienone is 2. The first-order valence-corrected chi connectivity index (χ1v) is 11.6. The molecule has 1 saturated carbocycles. The number of rotatable bonds is 7. The lowest BCUT2D eigenvalue weighted by atomic mass is 9.79. The number of nitrogens with zero attached hydrogens (tertiary/aromatic N) is 1. The summed E-state index contributed by atoms with van der Waals surface area (Å²) in [6, 6.07) is -0.272. The van der Waals surface area contributed by atoms with Gasteiger partial charge in [0.05, 0.1) is 15.9 Å². The number of anilines is 1. The fraction of sp³-hybridized carbons (Fsp3) is 0.571. The van der Waals surface area contributed by atoms with Gasteiger partial charge in [-0.1, -0.05) is 72.6 Å². The number of aromatic nitrogens is 1. The van der Waals surface area contributed by atoms with Crippen molar-refractivity contribution in [2.75, 3.05) is 5.32 Å². The van der Waals surface area contributed by atoms with Crippen LogP contribution in [0.2, 0.25) is 0 Å². The summed E-state index contributed by atoms with van der Waals surface area (Å²) >= 11 is 2.51. The van der Waals surface area contributed by atoms with Crippen molar-refractivity contribution in [3.63, 3.8) is 0 Å². The Morgan fingerprint density at radius 3 is 2.76 bits per heavy atom. The van der Waals surface area contributed by atoms with Crippen LogP contribution in [0.3, 0.4) is 0 Å². The highest BCUT2D eigenvalue weighted by atomic mass is 32.2. The van der Waals surface area contributed by atoms with E-state index in [0.29, 0.717) is 11.0 Å². The van der Waals surface area contributed by atoms with Crippen molar-refractivity contribution in [1.29, 1.82) is 0 Å². The molecule has 8 heteroatoms. The van der Waals surface area contributed by atoms with Crippen LogP contribution >= 0.6 is 23.1 Å². The summed E-state index contributed by atoms with van der Waals surface area (Å²) in [5, 5.41) is 15.8. The van der Waals surface area contributed by atoms with E-state index >= 15 is 0 Å². The minimum absolute atomic E-state index is 0.272. The normalized spacial score (nSPS) is 22.4. The van der Waals surface area contributed by atoms with Gasteiger partial charge in [-0.2, -0.15) is 0 Å². The lowest BCUT2D eigenvalue weighted by Gasteiger charge is -2.36. The quantitative estimate of drug-likeness (QED) is 0.496. The van der Waals surface area contributed by atoms with Crippen molar-refractivity contribution in [2.24, 2.45) is 5.92 Å². The predicted octanol–water partition coefficient (Wildman–Crippen LogP) is 5.45. The van der Waals surface area contributed by atoms with Gasteiger partial charge in [-0.3, -0.25) is 10.1 Å². The van der Waals surface area contributed by atoms with Crippen LogP contribution in [0.4, 0.5) is 9.93 Å². The highest BCUT2D eigenvalue weighted by molar-refractivity contribution is 8.03. The van der Waals surface area contributed by atoms with Crippen LogP contribution in [0.1, 0.15) is 59.3 Å². The number of nitrogens with one attached hydrogen (secondary N) is 2. The fourth-order valence-electron chi connectivity index (χ4n) is 4.03. The molecule has 0 saturated heterocycles. The zero-order valence-corrected chi connectivity index (χ0v) is 18.8. The number of hydrogen-bond acceptors (Lipinski definition) is 5. The monoisotopic (exact) mass is 435 g/mol. The van der Waals surface area contributed by atoms with Gasteiger partial charge >= 0.3 is 12.0 Å². The number of carbonyl (C=O) groups excluding carboxylic acids is 1. The van der Waals surface area contributed by atoms with Gasteiger partial charge < -0.3 is 10.4 Å². The third-order valence-corrected chi connectivity index (χ3v) is 7.66. The largest absolute Gasteiger partial charge is 0.480 e. The molecule has 0 aliphatic heterocycles. The summed E-state index contributed by atoms with van der Waals surface area (Å²) in [4.78, 5) is 28.3. The number of carboxylic acid groups (broad SMARTS) is 1. The van der Waals surface area contributed by atoms with Crippen LogP contribution in [0, 0.1) is 5.92 Å². The van der Waals surface area contributed by atoms with Crippen LogP contribution < -0.4 is 10.6 Å². The molecule has 1 aromatic rings. The third kappa shape index (κ3) is 5.85. The summed E-state index contributed by atoms with van der Waals surface area (Å²) in [5.41, 5.74) is 0.896. The van der Waals surface area contributed by atoms with Gasteiger partial charge in [0.15, 0.2) is 5.13 Å². The van der Waals surface area contributed by atoms with E-state index in [4.69, 9.17) is 0 Å². The number of amides is 2. The minimum Gasteiger partial charge on any atom is -0.480 e. The molecular formula is C21H29N3O3S2. The zero-order valence-electron chi connectivity index (χ0n) is 17.2. The molecule has 2 aliphatic carbocycles. The molecule has 3 N–H and O–H groups in total. The van der Waals surface area contributed by atoms with Gasteiger partial charge in [-0.15, -0.1) is 0 Å². The van der Waals surface area contributed by atoms with E-state index in [1.165, 1.54) is 54.4 Å². The summed E-state index contributed by atoms with van der Waals surface area (Å²) in [7, 11) is 0. The third-order valence-electron chi connectivity index (χ3n) is 5.46. The van der Waals surface area contributed by atoms with E-state index in [0.717, 1.165) is 17.1 Å². The fourth-order valence-corrected chi connectivity index (χ4v) is 6.30. The van der Waals surface area contributed by atoms with Gasteiger partial charge in [0.25, 0.3) is 0 Å². The Morgan fingerprint density at radius 2 is 2.10 bits per heavy atom. The molecule has 158 valence electrons. The molecule has 2 amide bonds. The van der Waals surface area contributed by atoms with E-state index in [1.54, 1.807) is 20.0 Å². The smallest absolute Gasteiger partial charge is 0.321 e. The maximum absolute atomic E-state index is 12.8. The second-order valence-electron chi connectivity index (χ2n) is 8.54. The molecular weight excluding hydrogens is 406 g/mol. The van der Waals surface area contributed by atoms with Crippen molar-refractivity contribution in [3.8, 4) is 0 Å². The Kier molecular flexibility index (Phi) is 6.73. The van der Waals surface area contributed by atoms with Gasteiger partial charge in [-0.25, -0.2) is 9.78 Å². The average Bonchev–Trinajstić information content (AvgIpc) is 3.26. The highest BCUT2D eigenvalue weighted by Gasteiger charge is 2.35. The second-order valence-corrected chi connectivity index (χ2v) is 11.5. The summed E-state index contributed by atoms with van der Waals surface area (Å²) in [5.74, 6) is -0.239. The molecule has 29 heavy (non-hydrogen) atoms. The maximum Gasteiger partial charge on any atom is 0.321 e. The number of urea groups is 1. The second kappa shape index (κ2) is 8.92. The Bertz CT molecular complexity index is 825. The maximum atomic E-state index is 12.8. The van der Waals surface area contributed by atoms with Crippen molar-refractivity contribution < 1.29 is 14.7 Å². The minimum atomic E-state index is -0.950. The SMILES string of the molecule is CC1=CC=CC(CC2CCCC2)(NC(=O)Nc2ncc(SC(C)(C)C(=O)O)s2)C1. The van der Waals surface area contributed by atoms with Crippen LogP contribution in [0.25, 0.3) is 0 Å². The molecule has 1 heterocycles. The molecule has 0 aromatic carbocycles. The molecule has 1 atom stereocenters. The number of thioether (sulfide) groups is 1. The Balaban J connectivity index is 1.64. The predicted molar refractivity (Wildman–Crippen MR) is 119 cm³/mol. The van der Waals surface area contributed by atoms with Gasteiger partial charge in [0, 0.05) is 0 Å². The lowest BCUT2D eigenvalue weighted by molar-refractivity contribution is -0.138. The number of carboxylic acids is 1. The molecule has 6 nitrogen and oxygen atoms in total. The van der Waals surface area contributed by atoms with E-state index in [-0.39, 0.29) is 11.6 Å². The van der Waals surface area contributed by atoms with E-state index in [1.807, 2.05) is 6.08 Å². The summed E-state index contributed by atoms with van der Waals surface area (Å²) in [6.45, 7) is 5.40. The summed E-state index contributed by atoms with van der Waals surface area (Å²) < 4.78 is -0.196. The Hall–Kier alpha value is -1.80. The van der Waals surface area contributed by atoms with Crippen LogP contribution in [0.5, 0.6) is 0 Å².